The maximum Gasteiger partial charge on any atom is 0.338 e. The molecule has 3 rings (SSSR count). The predicted octanol–water partition coefficient (Wildman–Crippen LogP) is 1.06. The third-order valence-electron chi connectivity index (χ3n) is 3.99. The molecule has 0 spiro atoms. The van der Waals surface area contributed by atoms with Crippen LogP contribution in [0.1, 0.15) is 56.7 Å². The zero-order valence-electron chi connectivity index (χ0n) is 13.9. The molecule has 2 amide bonds. The van der Waals surface area contributed by atoms with Crippen LogP contribution in [0.2, 0.25) is 0 Å². The van der Waals surface area contributed by atoms with Crippen LogP contribution in [0.3, 0.4) is 0 Å². The number of benzene rings is 1. The molecule has 0 aliphatic carbocycles. The lowest BCUT2D eigenvalue weighted by Crippen LogP contribution is -2.24. The Labute approximate surface area is 143 Å². The van der Waals surface area contributed by atoms with Gasteiger partial charge in [-0.2, -0.15) is 0 Å². The van der Waals surface area contributed by atoms with Crippen molar-refractivity contribution < 1.29 is 19.1 Å². The van der Waals surface area contributed by atoms with E-state index in [2.05, 4.69) is 22.4 Å². The average molecular weight is 343 g/mol. The van der Waals surface area contributed by atoms with Gasteiger partial charge in [0, 0.05) is 13.6 Å². The van der Waals surface area contributed by atoms with E-state index in [9.17, 15) is 14.4 Å². The van der Waals surface area contributed by atoms with Crippen molar-refractivity contribution in [3.63, 3.8) is 0 Å². The van der Waals surface area contributed by atoms with Gasteiger partial charge in [-0.1, -0.05) is 13.3 Å². The maximum absolute atomic E-state index is 12.2. The van der Waals surface area contributed by atoms with Gasteiger partial charge in [-0.15, -0.1) is 5.10 Å². The maximum atomic E-state index is 12.2. The first kappa shape index (κ1) is 16.7. The normalized spacial score (nSPS) is 13.3. The van der Waals surface area contributed by atoms with E-state index in [-0.39, 0.29) is 29.2 Å². The molecule has 1 aliphatic rings. The number of carbonyl (C=O) groups is 3. The number of nitrogens with zero attached hydrogens (tertiary/aromatic N) is 5. The molecule has 0 saturated carbocycles. The fourth-order valence-electron chi connectivity index (χ4n) is 2.51. The molecular formula is C16H17N5O4. The number of hydrogen-bond acceptors (Lipinski definition) is 7. The summed E-state index contributed by atoms with van der Waals surface area (Å²) in [6.07, 6.45) is 1.91. The summed E-state index contributed by atoms with van der Waals surface area (Å²) in [7, 11) is 1.40. The van der Waals surface area contributed by atoms with E-state index in [4.69, 9.17) is 4.74 Å². The molecule has 1 aromatic heterocycles. The molecule has 9 heteroatoms. The highest BCUT2D eigenvalue weighted by Crippen LogP contribution is 2.23. The largest absolute Gasteiger partial charge is 0.454 e. The lowest BCUT2D eigenvalue weighted by atomic mass is 10.1. The Morgan fingerprint density at radius 1 is 1.20 bits per heavy atom. The van der Waals surface area contributed by atoms with E-state index in [1.165, 1.54) is 25.2 Å². The standard InChI is InChI=1S/C16H17N5O4/c1-3-4-7-21-13(17-18-19-21)9-25-16(24)10-5-6-11-12(8-10)15(23)20(2)14(11)22/h5-6,8H,3-4,7,9H2,1-2H3. The Kier molecular flexibility index (Phi) is 4.55. The van der Waals surface area contributed by atoms with E-state index in [1.807, 2.05) is 0 Å². The smallest absolute Gasteiger partial charge is 0.338 e. The van der Waals surface area contributed by atoms with Gasteiger partial charge in [0.1, 0.15) is 0 Å². The zero-order chi connectivity index (χ0) is 18.0. The number of fused-ring (bicyclic) bond motifs is 1. The summed E-state index contributed by atoms with van der Waals surface area (Å²) in [4.78, 5) is 37.1. The molecule has 0 N–H and O–H groups in total. The molecule has 0 unspecified atom stereocenters. The molecular weight excluding hydrogens is 326 g/mol. The van der Waals surface area contributed by atoms with E-state index in [0.29, 0.717) is 12.4 Å². The monoisotopic (exact) mass is 343 g/mol. The summed E-state index contributed by atoms with van der Waals surface area (Å²) in [5.41, 5.74) is 0.685. The van der Waals surface area contributed by atoms with Crippen molar-refractivity contribution in [1.82, 2.24) is 25.1 Å². The molecule has 0 radical (unpaired) electrons. The second-order valence-corrected chi connectivity index (χ2v) is 5.68. The minimum atomic E-state index is -0.609. The molecule has 9 nitrogen and oxygen atoms in total. The number of tetrazole rings is 1. The molecule has 0 fully saturated rings. The number of unbranched alkanes of at least 4 members (excludes halogenated alkanes) is 1. The number of esters is 1. The molecule has 25 heavy (non-hydrogen) atoms. The number of ether oxygens (including phenoxy) is 1. The fourth-order valence-corrected chi connectivity index (χ4v) is 2.51. The molecule has 2 aromatic rings. The second kappa shape index (κ2) is 6.80. The lowest BCUT2D eigenvalue weighted by molar-refractivity contribution is 0.0456. The van der Waals surface area contributed by atoms with Crippen LogP contribution in [-0.2, 0) is 17.9 Å². The molecule has 1 aromatic carbocycles. The topological polar surface area (TPSA) is 107 Å². The lowest BCUT2D eigenvalue weighted by Gasteiger charge is -2.06. The Morgan fingerprint density at radius 2 is 1.96 bits per heavy atom. The van der Waals surface area contributed by atoms with Gasteiger partial charge in [0.25, 0.3) is 11.8 Å². The third kappa shape index (κ3) is 3.12. The first-order valence-electron chi connectivity index (χ1n) is 7.91. The summed E-state index contributed by atoms with van der Waals surface area (Å²) >= 11 is 0. The summed E-state index contributed by atoms with van der Waals surface area (Å²) < 4.78 is 6.82. The number of hydrogen-bond donors (Lipinski definition) is 0. The minimum Gasteiger partial charge on any atom is -0.454 e. The van der Waals surface area contributed by atoms with E-state index >= 15 is 0 Å². The molecule has 0 atom stereocenters. The highest BCUT2D eigenvalue weighted by atomic mass is 16.5. The van der Waals surface area contributed by atoms with Gasteiger partial charge >= 0.3 is 5.97 Å². The van der Waals surface area contributed by atoms with Gasteiger partial charge in [0.15, 0.2) is 12.4 Å². The molecule has 0 bridgehead atoms. The highest BCUT2D eigenvalue weighted by molar-refractivity contribution is 6.21. The Morgan fingerprint density at radius 3 is 2.72 bits per heavy atom. The van der Waals surface area contributed by atoms with Crippen LogP contribution in [0, 0.1) is 0 Å². The van der Waals surface area contributed by atoms with Gasteiger partial charge in [-0.3, -0.25) is 14.5 Å². The van der Waals surface area contributed by atoms with Crippen molar-refractivity contribution in [2.75, 3.05) is 7.05 Å². The molecule has 130 valence electrons. The average Bonchev–Trinajstić information content (AvgIpc) is 3.16. The summed E-state index contributed by atoms with van der Waals surface area (Å²) in [5, 5.41) is 11.3. The van der Waals surface area contributed by atoms with Gasteiger partial charge in [-0.25, -0.2) is 9.48 Å². The van der Waals surface area contributed by atoms with E-state index in [0.717, 1.165) is 17.7 Å². The van der Waals surface area contributed by atoms with Crippen molar-refractivity contribution in [3.8, 4) is 0 Å². The van der Waals surface area contributed by atoms with Crippen molar-refractivity contribution in [2.24, 2.45) is 0 Å². The van der Waals surface area contributed by atoms with Gasteiger partial charge in [-0.05, 0) is 35.0 Å². The van der Waals surface area contributed by atoms with Crippen LogP contribution >= 0.6 is 0 Å². The number of amides is 2. The minimum absolute atomic E-state index is 0.0700. The third-order valence-corrected chi connectivity index (χ3v) is 3.99. The number of carbonyl (C=O) groups excluding carboxylic acids is 3. The van der Waals surface area contributed by atoms with Crippen LogP contribution < -0.4 is 0 Å². The summed E-state index contributed by atoms with van der Waals surface area (Å²) in [6.45, 7) is 2.64. The van der Waals surface area contributed by atoms with Crippen LogP contribution in [0.5, 0.6) is 0 Å². The SMILES string of the molecule is CCCCn1nnnc1COC(=O)c1ccc2c(c1)C(=O)N(C)C2=O. The first-order chi connectivity index (χ1) is 12.0. The predicted molar refractivity (Wildman–Crippen MR) is 84.7 cm³/mol. The zero-order valence-corrected chi connectivity index (χ0v) is 13.9. The summed E-state index contributed by atoms with van der Waals surface area (Å²) in [6, 6.07) is 4.30. The molecule has 0 saturated heterocycles. The Bertz CT molecular complexity index is 845. The van der Waals surface area contributed by atoms with Crippen molar-refractivity contribution >= 4 is 17.8 Å². The summed E-state index contributed by atoms with van der Waals surface area (Å²) in [5.74, 6) is -0.968. The first-order valence-corrected chi connectivity index (χ1v) is 7.91. The van der Waals surface area contributed by atoms with Crippen LogP contribution in [-0.4, -0.2) is 49.9 Å². The highest BCUT2D eigenvalue weighted by Gasteiger charge is 2.33. The number of aryl methyl sites for hydroxylation is 1. The van der Waals surface area contributed by atoms with Crippen molar-refractivity contribution in [3.05, 3.63) is 40.7 Å². The number of rotatable bonds is 6. The van der Waals surface area contributed by atoms with Crippen LogP contribution in [0.25, 0.3) is 0 Å². The van der Waals surface area contributed by atoms with Crippen LogP contribution in [0.4, 0.5) is 0 Å². The number of imide groups is 1. The van der Waals surface area contributed by atoms with Crippen molar-refractivity contribution in [2.45, 2.75) is 32.9 Å². The fraction of sp³-hybridized carbons (Fsp3) is 0.375. The quantitative estimate of drug-likeness (QED) is 0.570. The number of aromatic nitrogens is 4. The van der Waals surface area contributed by atoms with E-state index < -0.39 is 11.9 Å². The van der Waals surface area contributed by atoms with Crippen LogP contribution in [0.15, 0.2) is 18.2 Å². The van der Waals surface area contributed by atoms with Gasteiger partial charge < -0.3 is 4.74 Å². The molecule has 2 heterocycles. The Balaban J connectivity index is 1.70. The van der Waals surface area contributed by atoms with Crippen molar-refractivity contribution in [1.29, 1.82) is 0 Å². The Hall–Kier alpha value is -3.10. The van der Waals surface area contributed by atoms with Gasteiger partial charge in [0.2, 0.25) is 0 Å². The second-order valence-electron chi connectivity index (χ2n) is 5.68. The van der Waals surface area contributed by atoms with Gasteiger partial charge in [0.05, 0.1) is 16.7 Å². The molecule has 1 aliphatic heterocycles. The van der Waals surface area contributed by atoms with E-state index in [1.54, 1.807) is 4.68 Å².